The number of furan rings is 1. The molecule has 1 saturated carbocycles. The summed E-state index contributed by atoms with van der Waals surface area (Å²) in [4.78, 5) is 17.5. The molecule has 1 amide bonds. The lowest BCUT2D eigenvalue weighted by molar-refractivity contribution is -0.154. The van der Waals surface area contributed by atoms with Crippen LogP contribution >= 0.6 is 0 Å². The van der Waals surface area contributed by atoms with Gasteiger partial charge in [0.05, 0.1) is 31.1 Å². The quantitative estimate of drug-likeness (QED) is 0.497. The number of ether oxygens (including phenoxy) is 2. The van der Waals surface area contributed by atoms with E-state index in [1.54, 1.807) is 36.7 Å². The number of nitrogens with zero attached hydrogens (tertiary/aromatic N) is 2. The number of aliphatic hydroxyl groups is 1. The van der Waals surface area contributed by atoms with Crippen molar-refractivity contribution >= 4 is 12.0 Å². The minimum absolute atomic E-state index is 0.0102. The highest BCUT2D eigenvalue weighted by Crippen LogP contribution is 2.64. The zero-order chi connectivity index (χ0) is 24.7. The highest BCUT2D eigenvalue weighted by molar-refractivity contribution is 5.92. The Morgan fingerprint density at radius 2 is 2.19 bits per heavy atom. The lowest BCUT2D eigenvalue weighted by atomic mass is 9.50. The molecule has 2 bridgehead atoms. The molecule has 7 heteroatoms. The van der Waals surface area contributed by atoms with E-state index >= 15 is 0 Å². The third kappa shape index (κ3) is 2.90. The number of carbonyl (C=O) groups is 1. The third-order valence-corrected chi connectivity index (χ3v) is 9.28. The topological polar surface area (TPSA) is 75.4 Å². The standard InChI is InChI=1S/C29H32N2O5/c1-30(24(32)8-5-19-10-14-35-17-19)21-9-11-29(33)23-15-20-6-7-22(34-2)26-25(20)28(29,27(21)36-26)12-13-31(23)16-18-3-4-18/h5-11,14,17-18,21,23,27,33H,3-4,12-13,15-16H2,1-2H3/b8-5+/t21?,23-,27?,28+,29?/m1/s1. The smallest absolute Gasteiger partial charge is 0.246 e. The number of likely N-dealkylation sites (tertiary alicyclic amines) is 1. The minimum atomic E-state index is -1.07. The Hall–Kier alpha value is -3.03. The number of amides is 1. The first-order valence-corrected chi connectivity index (χ1v) is 13.0. The maximum absolute atomic E-state index is 13.2. The summed E-state index contributed by atoms with van der Waals surface area (Å²) in [5.74, 6) is 2.04. The van der Waals surface area contributed by atoms with E-state index in [2.05, 4.69) is 11.0 Å². The Balaban J connectivity index is 1.31. The number of methoxy groups -OCH3 is 1. The van der Waals surface area contributed by atoms with Crippen LogP contribution in [0.5, 0.6) is 11.5 Å². The summed E-state index contributed by atoms with van der Waals surface area (Å²) in [5.41, 5.74) is 1.45. The Labute approximate surface area is 211 Å². The molecule has 2 aromatic rings. The molecule has 2 fully saturated rings. The molecule has 7 rings (SSSR count). The summed E-state index contributed by atoms with van der Waals surface area (Å²) in [6, 6.07) is 5.60. The molecule has 0 radical (unpaired) electrons. The van der Waals surface area contributed by atoms with Crippen LogP contribution in [0.25, 0.3) is 6.08 Å². The molecule has 3 aliphatic carbocycles. The van der Waals surface area contributed by atoms with Gasteiger partial charge in [0, 0.05) is 36.8 Å². The first-order chi connectivity index (χ1) is 17.5. The maximum atomic E-state index is 13.2. The molecule has 7 nitrogen and oxygen atoms in total. The predicted octanol–water partition coefficient (Wildman–Crippen LogP) is 3.17. The van der Waals surface area contributed by atoms with Crippen LogP contribution < -0.4 is 9.47 Å². The van der Waals surface area contributed by atoms with Crippen LogP contribution in [0.4, 0.5) is 0 Å². The first kappa shape index (κ1) is 22.2. The lowest BCUT2D eigenvalue weighted by Crippen LogP contribution is -2.76. The van der Waals surface area contributed by atoms with Gasteiger partial charge in [-0.3, -0.25) is 9.69 Å². The van der Waals surface area contributed by atoms with Crippen LogP contribution in [0.15, 0.2) is 53.4 Å². The monoisotopic (exact) mass is 488 g/mol. The van der Waals surface area contributed by atoms with Crippen molar-refractivity contribution in [2.75, 3.05) is 27.2 Å². The first-order valence-electron chi connectivity index (χ1n) is 13.0. The maximum Gasteiger partial charge on any atom is 0.246 e. The number of piperidine rings is 1. The molecule has 188 valence electrons. The van der Waals surface area contributed by atoms with Crippen molar-refractivity contribution in [2.24, 2.45) is 5.92 Å². The van der Waals surface area contributed by atoms with E-state index in [1.807, 2.05) is 31.3 Å². The minimum Gasteiger partial charge on any atom is -0.493 e. The third-order valence-electron chi connectivity index (χ3n) is 9.28. The number of carbonyl (C=O) groups excluding carboxylic acids is 1. The zero-order valence-electron chi connectivity index (χ0n) is 20.7. The number of hydrogen-bond donors (Lipinski definition) is 1. The van der Waals surface area contributed by atoms with Crippen LogP contribution in [0, 0.1) is 5.92 Å². The van der Waals surface area contributed by atoms with Crippen molar-refractivity contribution < 1.29 is 23.8 Å². The zero-order valence-corrected chi connectivity index (χ0v) is 20.7. The summed E-state index contributed by atoms with van der Waals surface area (Å²) >= 11 is 0. The van der Waals surface area contributed by atoms with Crippen LogP contribution in [-0.4, -0.2) is 71.8 Å². The highest BCUT2D eigenvalue weighted by atomic mass is 16.5. The Bertz CT molecular complexity index is 1260. The molecular weight excluding hydrogens is 456 g/mol. The van der Waals surface area contributed by atoms with Crippen molar-refractivity contribution in [3.63, 3.8) is 0 Å². The molecule has 5 aliphatic rings. The second kappa shape index (κ2) is 7.73. The number of rotatable bonds is 6. The molecule has 5 atom stereocenters. The van der Waals surface area contributed by atoms with Gasteiger partial charge in [0.25, 0.3) is 0 Å². The van der Waals surface area contributed by atoms with Gasteiger partial charge in [-0.1, -0.05) is 18.2 Å². The molecule has 1 aromatic heterocycles. The molecule has 3 unspecified atom stereocenters. The van der Waals surface area contributed by atoms with E-state index < -0.39 is 17.1 Å². The van der Waals surface area contributed by atoms with E-state index in [-0.39, 0.29) is 18.0 Å². The summed E-state index contributed by atoms with van der Waals surface area (Å²) in [7, 11) is 3.47. The van der Waals surface area contributed by atoms with Crippen molar-refractivity contribution in [3.05, 3.63) is 65.6 Å². The second-order valence-electron chi connectivity index (χ2n) is 11.1. The van der Waals surface area contributed by atoms with Gasteiger partial charge in [-0.25, -0.2) is 0 Å². The van der Waals surface area contributed by atoms with Gasteiger partial charge >= 0.3 is 0 Å². The predicted molar refractivity (Wildman–Crippen MR) is 134 cm³/mol. The fraction of sp³-hybridized carbons (Fsp3) is 0.483. The van der Waals surface area contributed by atoms with E-state index in [4.69, 9.17) is 13.9 Å². The van der Waals surface area contributed by atoms with Crippen molar-refractivity contribution in [3.8, 4) is 11.5 Å². The largest absolute Gasteiger partial charge is 0.493 e. The van der Waals surface area contributed by atoms with Gasteiger partial charge in [-0.2, -0.15) is 0 Å². The van der Waals surface area contributed by atoms with E-state index in [0.29, 0.717) is 5.75 Å². The van der Waals surface area contributed by atoms with Crippen LogP contribution in [0.2, 0.25) is 0 Å². The average molecular weight is 489 g/mol. The molecule has 1 aromatic carbocycles. The van der Waals surface area contributed by atoms with Crippen LogP contribution in [0.3, 0.4) is 0 Å². The van der Waals surface area contributed by atoms with Gasteiger partial charge in [-0.15, -0.1) is 0 Å². The Morgan fingerprint density at radius 1 is 1.33 bits per heavy atom. The lowest BCUT2D eigenvalue weighted by Gasteiger charge is -2.62. The Morgan fingerprint density at radius 3 is 2.94 bits per heavy atom. The fourth-order valence-corrected chi connectivity index (χ4v) is 7.30. The molecule has 1 N–H and O–H groups in total. The molecule has 2 aliphatic heterocycles. The summed E-state index contributed by atoms with van der Waals surface area (Å²) in [5, 5.41) is 12.6. The fourth-order valence-electron chi connectivity index (χ4n) is 7.30. The van der Waals surface area contributed by atoms with Crippen LogP contribution in [0.1, 0.15) is 36.0 Å². The van der Waals surface area contributed by atoms with Gasteiger partial charge in [0.1, 0.15) is 11.7 Å². The Kier molecular flexibility index (Phi) is 4.77. The van der Waals surface area contributed by atoms with E-state index in [0.717, 1.165) is 48.7 Å². The SMILES string of the molecule is COc1ccc2c3c1OC1C(N(C)C(=O)/C=C/c4ccoc4)C=CC4(O)[C@@H](C2)N(CC2CC2)CC[C@]314. The van der Waals surface area contributed by atoms with Gasteiger partial charge < -0.3 is 23.9 Å². The van der Waals surface area contributed by atoms with E-state index in [1.165, 1.54) is 18.4 Å². The molecule has 36 heavy (non-hydrogen) atoms. The number of hydrogen-bond acceptors (Lipinski definition) is 6. The van der Waals surface area contributed by atoms with Crippen LogP contribution in [-0.2, 0) is 16.6 Å². The average Bonchev–Trinajstić information content (AvgIpc) is 3.40. The summed E-state index contributed by atoms with van der Waals surface area (Å²) < 4.78 is 17.6. The van der Waals surface area contributed by atoms with Gasteiger partial charge in [0.2, 0.25) is 5.91 Å². The molecule has 1 spiro atoms. The summed E-state index contributed by atoms with van der Waals surface area (Å²) in [6.07, 6.45) is 14.2. The normalized spacial score (nSPS) is 33.9. The van der Waals surface area contributed by atoms with Crippen molar-refractivity contribution in [2.45, 2.75) is 54.9 Å². The number of benzene rings is 1. The second-order valence-corrected chi connectivity index (χ2v) is 11.1. The van der Waals surface area contributed by atoms with Crippen molar-refractivity contribution in [1.29, 1.82) is 0 Å². The van der Waals surface area contributed by atoms with E-state index in [9.17, 15) is 9.90 Å². The molecule has 1 saturated heterocycles. The van der Waals surface area contributed by atoms with Gasteiger partial charge in [-0.05, 0) is 61.9 Å². The van der Waals surface area contributed by atoms with Gasteiger partial charge in [0.15, 0.2) is 11.5 Å². The highest BCUT2D eigenvalue weighted by Gasteiger charge is 2.72. The number of likely N-dealkylation sites (N-methyl/N-ethyl adjacent to an activating group) is 1. The van der Waals surface area contributed by atoms with Crippen molar-refractivity contribution in [1.82, 2.24) is 9.80 Å². The molecular formula is C29H32N2O5. The molecule has 3 heterocycles. The summed E-state index contributed by atoms with van der Waals surface area (Å²) in [6.45, 7) is 1.96.